The Labute approximate surface area is 178 Å². The largest absolute Gasteiger partial charge is 0.330 e. The highest BCUT2D eigenvalue weighted by atomic mass is 16.1. The summed E-state index contributed by atoms with van der Waals surface area (Å²) in [5.74, 6) is 0.341. The summed E-state index contributed by atoms with van der Waals surface area (Å²) >= 11 is 0. The molecule has 0 fully saturated rings. The van der Waals surface area contributed by atoms with Crippen LogP contribution in [0.2, 0.25) is 0 Å². The van der Waals surface area contributed by atoms with Crippen LogP contribution >= 0.6 is 0 Å². The van der Waals surface area contributed by atoms with Crippen LogP contribution in [0.15, 0.2) is 48.5 Å². The van der Waals surface area contributed by atoms with Gasteiger partial charge in [0.15, 0.2) is 11.6 Å². The number of carbonyl (C=O) groups excluding carboxylic acids is 2. The predicted molar refractivity (Wildman–Crippen MR) is 125 cm³/mol. The maximum Gasteiger partial charge on any atom is 0.163 e. The molecule has 0 saturated carbocycles. The maximum atomic E-state index is 12.8. The van der Waals surface area contributed by atoms with E-state index < -0.39 is 0 Å². The van der Waals surface area contributed by atoms with Gasteiger partial charge in [0.05, 0.1) is 0 Å². The van der Waals surface area contributed by atoms with Crippen molar-refractivity contribution >= 4 is 33.1 Å². The van der Waals surface area contributed by atoms with Crippen LogP contribution in [0.4, 0.5) is 0 Å². The molecule has 3 aromatic carbocycles. The van der Waals surface area contributed by atoms with Crippen LogP contribution in [-0.2, 0) is 0 Å². The molecule has 4 heteroatoms. The summed E-state index contributed by atoms with van der Waals surface area (Å²) in [6.07, 6.45) is 6.68. The SMILES string of the molecule is NCCCCCC(=O)c1cccc2cc3c(C(=O)CCCCCN)cccc3cc12. The molecule has 4 N–H and O–H groups in total. The van der Waals surface area contributed by atoms with Crippen molar-refractivity contribution < 1.29 is 9.59 Å². The van der Waals surface area contributed by atoms with Gasteiger partial charge >= 0.3 is 0 Å². The highest BCUT2D eigenvalue weighted by Gasteiger charge is 2.14. The number of Topliss-reactive ketones (excluding diaryl/α,β-unsaturated/α-hetero) is 2. The lowest BCUT2D eigenvalue weighted by atomic mass is 9.92. The molecule has 0 radical (unpaired) electrons. The molecular weight excluding hydrogens is 372 g/mol. The average Bonchev–Trinajstić information content (AvgIpc) is 2.77. The number of nitrogens with two attached hydrogens (primary N) is 2. The Morgan fingerprint density at radius 3 is 1.43 bits per heavy atom. The fourth-order valence-electron chi connectivity index (χ4n) is 4.02. The molecule has 158 valence electrons. The number of fused-ring (bicyclic) bond motifs is 2. The van der Waals surface area contributed by atoms with E-state index in [1.165, 1.54) is 0 Å². The first kappa shape index (κ1) is 22.1. The second-order valence-electron chi connectivity index (χ2n) is 7.95. The predicted octanol–water partition coefficient (Wildman–Crippen LogP) is 5.40. The summed E-state index contributed by atoms with van der Waals surface area (Å²) in [6.45, 7) is 1.34. The van der Waals surface area contributed by atoms with Gasteiger partial charge in [-0.25, -0.2) is 0 Å². The number of hydrogen-bond donors (Lipinski definition) is 2. The van der Waals surface area contributed by atoms with E-state index in [4.69, 9.17) is 11.5 Å². The Morgan fingerprint density at radius 2 is 1.03 bits per heavy atom. The van der Waals surface area contributed by atoms with E-state index in [2.05, 4.69) is 12.1 Å². The van der Waals surface area contributed by atoms with Gasteiger partial charge in [-0.05, 0) is 72.5 Å². The Hall–Kier alpha value is -2.56. The smallest absolute Gasteiger partial charge is 0.163 e. The highest BCUT2D eigenvalue weighted by Crippen LogP contribution is 2.29. The summed E-state index contributed by atoms with van der Waals surface area (Å²) in [6, 6.07) is 15.8. The van der Waals surface area contributed by atoms with Crippen LogP contribution in [0.5, 0.6) is 0 Å². The number of unbranched alkanes of at least 4 members (excludes halogenated alkanes) is 4. The zero-order valence-electron chi connectivity index (χ0n) is 17.7. The number of hydrogen-bond acceptors (Lipinski definition) is 4. The number of rotatable bonds is 12. The van der Waals surface area contributed by atoms with Crippen molar-refractivity contribution in [3.8, 4) is 0 Å². The molecule has 0 aromatic heterocycles. The third kappa shape index (κ3) is 5.32. The quantitative estimate of drug-likeness (QED) is 0.240. The highest BCUT2D eigenvalue weighted by molar-refractivity contribution is 6.15. The first-order valence-corrected chi connectivity index (χ1v) is 11.1. The fraction of sp³-hybridized carbons (Fsp3) is 0.385. The summed E-state index contributed by atoms with van der Waals surface area (Å²) in [5.41, 5.74) is 12.6. The lowest BCUT2D eigenvalue weighted by Crippen LogP contribution is -2.03. The molecule has 0 atom stereocenters. The second-order valence-corrected chi connectivity index (χ2v) is 7.95. The van der Waals surface area contributed by atoms with E-state index in [1.54, 1.807) is 0 Å². The molecule has 0 amide bonds. The van der Waals surface area contributed by atoms with Crippen molar-refractivity contribution in [1.82, 2.24) is 0 Å². The minimum absolute atomic E-state index is 0.170. The number of carbonyl (C=O) groups is 2. The third-order valence-electron chi connectivity index (χ3n) is 5.70. The van der Waals surface area contributed by atoms with E-state index in [-0.39, 0.29) is 11.6 Å². The Kier molecular flexibility index (Phi) is 8.12. The van der Waals surface area contributed by atoms with E-state index in [9.17, 15) is 9.59 Å². The third-order valence-corrected chi connectivity index (χ3v) is 5.70. The zero-order valence-corrected chi connectivity index (χ0v) is 17.7. The summed E-state index contributed by atoms with van der Waals surface area (Å²) < 4.78 is 0. The normalized spacial score (nSPS) is 11.3. The lowest BCUT2D eigenvalue weighted by molar-refractivity contribution is 0.0972. The molecule has 0 heterocycles. The summed E-state index contributed by atoms with van der Waals surface area (Å²) in [4.78, 5) is 25.6. The Balaban J connectivity index is 1.89. The molecule has 0 aliphatic carbocycles. The van der Waals surface area contributed by atoms with Gasteiger partial charge in [0.2, 0.25) is 0 Å². The van der Waals surface area contributed by atoms with Gasteiger partial charge in [-0.3, -0.25) is 9.59 Å². The first-order chi connectivity index (χ1) is 14.7. The topological polar surface area (TPSA) is 86.2 Å². The molecule has 0 unspecified atom stereocenters. The monoisotopic (exact) mass is 404 g/mol. The minimum atomic E-state index is 0.170. The van der Waals surface area contributed by atoms with Gasteiger partial charge in [0.1, 0.15) is 0 Å². The van der Waals surface area contributed by atoms with Crippen LogP contribution in [-0.4, -0.2) is 24.7 Å². The van der Waals surface area contributed by atoms with Gasteiger partial charge in [0, 0.05) is 24.0 Å². The molecule has 30 heavy (non-hydrogen) atoms. The number of benzene rings is 3. The van der Waals surface area contributed by atoms with Gasteiger partial charge in [0.25, 0.3) is 0 Å². The van der Waals surface area contributed by atoms with Crippen molar-refractivity contribution in [3.05, 3.63) is 59.7 Å². The lowest BCUT2D eigenvalue weighted by Gasteiger charge is -2.11. The molecule has 0 saturated heterocycles. The van der Waals surface area contributed by atoms with Gasteiger partial charge in [-0.2, -0.15) is 0 Å². The average molecular weight is 405 g/mol. The fourth-order valence-corrected chi connectivity index (χ4v) is 4.02. The van der Waals surface area contributed by atoms with E-state index >= 15 is 0 Å². The van der Waals surface area contributed by atoms with Gasteiger partial charge in [-0.1, -0.05) is 49.2 Å². The maximum absolute atomic E-state index is 12.8. The van der Waals surface area contributed by atoms with Crippen LogP contribution in [0.3, 0.4) is 0 Å². The van der Waals surface area contributed by atoms with Crippen LogP contribution in [0, 0.1) is 0 Å². The molecule has 0 aliphatic rings. The van der Waals surface area contributed by atoms with Crippen molar-refractivity contribution in [2.75, 3.05) is 13.1 Å². The van der Waals surface area contributed by atoms with Crippen LogP contribution in [0.1, 0.15) is 72.1 Å². The first-order valence-electron chi connectivity index (χ1n) is 11.1. The molecule has 3 aromatic rings. The van der Waals surface area contributed by atoms with Crippen molar-refractivity contribution in [3.63, 3.8) is 0 Å². The molecule has 0 spiro atoms. The second kappa shape index (κ2) is 11.0. The molecule has 3 rings (SSSR count). The molecule has 0 bridgehead atoms. The Bertz CT molecular complexity index is 943. The molecule has 4 nitrogen and oxygen atoms in total. The van der Waals surface area contributed by atoms with Crippen LogP contribution in [0.25, 0.3) is 21.5 Å². The van der Waals surface area contributed by atoms with E-state index in [0.29, 0.717) is 25.9 Å². The minimum Gasteiger partial charge on any atom is -0.330 e. The van der Waals surface area contributed by atoms with Crippen molar-refractivity contribution in [2.24, 2.45) is 11.5 Å². The number of ketones is 2. The van der Waals surface area contributed by atoms with Crippen molar-refractivity contribution in [2.45, 2.75) is 51.4 Å². The van der Waals surface area contributed by atoms with E-state index in [1.807, 2.05) is 36.4 Å². The summed E-state index contributed by atoms with van der Waals surface area (Å²) in [5, 5.41) is 3.92. The van der Waals surface area contributed by atoms with Gasteiger partial charge < -0.3 is 11.5 Å². The van der Waals surface area contributed by atoms with Crippen molar-refractivity contribution in [1.29, 1.82) is 0 Å². The summed E-state index contributed by atoms with van der Waals surface area (Å²) in [7, 11) is 0. The van der Waals surface area contributed by atoms with Crippen LogP contribution < -0.4 is 11.5 Å². The van der Waals surface area contributed by atoms with E-state index in [0.717, 1.165) is 71.2 Å². The Morgan fingerprint density at radius 1 is 0.600 bits per heavy atom. The molecule has 0 aliphatic heterocycles. The molecular formula is C26H32N2O2. The standard InChI is InChI=1S/C26H32N2O2/c27-15-5-1-3-13-25(29)21-11-7-9-19-18-24-20(17-23(19)21)10-8-12-22(24)26(30)14-4-2-6-16-28/h7-12,17-18H,1-6,13-16,27-28H2. The zero-order chi connectivity index (χ0) is 21.3. The van der Waals surface area contributed by atoms with Gasteiger partial charge in [-0.15, -0.1) is 0 Å².